The third-order valence-electron chi connectivity index (χ3n) is 7.25. The minimum absolute atomic E-state index is 0.0484. The number of hydrogen-bond acceptors (Lipinski definition) is 4. The Morgan fingerprint density at radius 3 is 2.46 bits per heavy atom. The molecule has 5 heteroatoms. The number of rotatable bonds is 4. The summed E-state index contributed by atoms with van der Waals surface area (Å²) in [6.45, 7) is 3.42. The van der Waals surface area contributed by atoms with Crippen molar-refractivity contribution in [2.45, 2.75) is 64.4 Å². The van der Waals surface area contributed by atoms with Gasteiger partial charge in [0.05, 0.1) is 12.2 Å². The van der Waals surface area contributed by atoms with Crippen LogP contribution in [0.2, 0.25) is 0 Å². The summed E-state index contributed by atoms with van der Waals surface area (Å²) in [6, 6.07) is 3.77. The first kappa shape index (κ1) is 16.5. The number of nitrogens with zero attached hydrogens (tertiary/aromatic N) is 3. The van der Waals surface area contributed by atoms with Gasteiger partial charge in [-0.05, 0) is 74.7 Å². The van der Waals surface area contributed by atoms with E-state index in [1.807, 2.05) is 24.0 Å². The molecule has 0 spiro atoms. The van der Waals surface area contributed by atoms with Gasteiger partial charge in [-0.25, -0.2) is 0 Å². The highest BCUT2D eigenvalue weighted by Gasteiger charge is 2.52. The van der Waals surface area contributed by atoms with Gasteiger partial charge in [0.25, 0.3) is 0 Å². The van der Waals surface area contributed by atoms with Crippen molar-refractivity contribution in [1.29, 1.82) is 0 Å². The lowest BCUT2D eigenvalue weighted by atomic mass is 9.49. The van der Waals surface area contributed by atoms with Gasteiger partial charge in [-0.3, -0.25) is 4.79 Å². The lowest BCUT2D eigenvalue weighted by Crippen LogP contribution is -2.48. The van der Waals surface area contributed by atoms with Crippen molar-refractivity contribution in [3.8, 4) is 5.88 Å². The van der Waals surface area contributed by atoms with Gasteiger partial charge in [-0.15, -0.1) is 5.10 Å². The fourth-order valence-electron chi connectivity index (χ4n) is 6.61. The molecule has 1 aromatic rings. The maximum absolute atomic E-state index is 13.0. The van der Waals surface area contributed by atoms with E-state index in [4.69, 9.17) is 4.74 Å². The van der Waals surface area contributed by atoms with E-state index >= 15 is 0 Å². The number of amides is 1. The summed E-state index contributed by atoms with van der Waals surface area (Å²) < 4.78 is 5.94. The standard InChI is InChI=1S/C21H29N3O2/c1-14-2-3-19(23-22-14)26-18-4-5-24(13-18)20(25)12-21-9-15-6-16(10-21)8-17(7-15)11-21/h2-3,15-18H,4-13H2,1H3. The van der Waals surface area contributed by atoms with Crippen molar-refractivity contribution in [2.24, 2.45) is 23.2 Å². The largest absolute Gasteiger partial charge is 0.471 e. The van der Waals surface area contributed by atoms with E-state index in [9.17, 15) is 4.79 Å². The van der Waals surface area contributed by atoms with Crippen molar-refractivity contribution < 1.29 is 9.53 Å². The average Bonchev–Trinajstić information content (AvgIpc) is 3.04. The molecule has 1 unspecified atom stereocenters. The molecule has 26 heavy (non-hydrogen) atoms. The lowest BCUT2D eigenvalue weighted by molar-refractivity contribution is -0.138. The Balaban J connectivity index is 1.19. The quantitative estimate of drug-likeness (QED) is 0.831. The molecule has 1 aliphatic heterocycles. The van der Waals surface area contributed by atoms with Gasteiger partial charge in [0.1, 0.15) is 6.10 Å². The smallest absolute Gasteiger partial charge is 0.233 e. The van der Waals surface area contributed by atoms with E-state index in [-0.39, 0.29) is 6.10 Å². The molecule has 4 bridgehead atoms. The van der Waals surface area contributed by atoms with E-state index in [0.717, 1.165) is 42.8 Å². The number of ether oxygens (including phenoxy) is 1. The van der Waals surface area contributed by atoms with Crippen LogP contribution < -0.4 is 4.74 Å². The molecule has 1 atom stereocenters. The van der Waals surface area contributed by atoms with E-state index in [1.54, 1.807) is 0 Å². The normalized spacial score (nSPS) is 38.0. The zero-order valence-electron chi connectivity index (χ0n) is 15.7. The Labute approximate surface area is 155 Å². The first-order chi connectivity index (χ1) is 12.6. The Morgan fingerprint density at radius 2 is 1.85 bits per heavy atom. The molecule has 5 nitrogen and oxygen atoms in total. The molecule has 4 aliphatic carbocycles. The van der Waals surface area contributed by atoms with Crippen molar-refractivity contribution in [3.63, 3.8) is 0 Å². The molecule has 5 aliphatic rings. The lowest BCUT2D eigenvalue weighted by Gasteiger charge is -2.56. The number of aryl methyl sites for hydroxylation is 1. The van der Waals surface area contributed by atoms with Crippen molar-refractivity contribution >= 4 is 5.91 Å². The van der Waals surface area contributed by atoms with Crippen LogP contribution >= 0.6 is 0 Å². The third kappa shape index (κ3) is 3.10. The third-order valence-corrected chi connectivity index (χ3v) is 7.25. The van der Waals surface area contributed by atoms with E-state index < -0.39 is 0 Å². The number of carbonyl (C=O) groups excluding carboxylic acids is 1. The molecule has 140 valence electrons. The average molecular weight is 355 g/mol. The van der Waals surface area contributed by atoms with Crippen LogP contribution in [0.4, 0.5) is 0 Å². The van der Waals surface area contributed by atoms with Crippen molar-refractivity contribution in [1.82, 2.24) is 15.1 Å². The monoisotopic (exact) mass is 355 g/mol. The molecule has 1 amide bonds. The first-order valence-electron chi connectivity index (χ1n) is 10.3. The van der Waals surface area contributed by atoms with Crippen LogP contribution in [0, 0.1) is 30.1 Å². The SMILES string of the molecule is Cc1ccc(OC2CCN(C(=O)CC34CC5CC(CC(C5)C3)C4)C2)nn1. The molecule has 6 rings (SSSR count). The molecule has 0 aromatic carbocycles. The van der Waals surface area contributed by atoms with Crippen LogP contribution in [0.15, 0.2) is 12.1 Å². The minimum atomic E-state index is 0.0484. The minimum Gasteiger partial charge on any atom is -0.471 e. The highest BCUT2D eigenvalue weighted by atomic mass is 16.5. The summed E-state index contributed by atoms with van der Waals surface area (Å²) in [5.41, 5.74) is 1.21. The molecule has 0 radical (unpaired) electrons. The highest BCUT2D eigenvalue weighted by Crippen LogP contribution is 2.61. The Kier molecular flexibility index (Phi) is 3.94. The Morgan fingerprint density at radius 1 is 1.15 bits per heavy atom. The van der Waals surface area contributed by atoms with Gasteiger partial charge in [-0.2, -0.15) is 5.10 Å². The zero-order valence-corrected chi connectivity index (χ0v) is 15.7. The molecule has 1 saturated heterocycles. The van der Waals surface area contributed by atoms with Crippen molar-refractivity contribution in [2.75, 3.05) is 13.1 Å². The topological polar surface area (TPSA) is 55.3 Å². The number of likely N-dealkylation sites (tertiary alicyclic amines) is 1. The summed E-state index contributed by atoms with van der Waals surface area (Å²) in [5, 5.41) is 8.12. The summed E-state index contributed by atoms with van der Waals surface area (Å²) in [5.74, 6) is 3.64. The highest BCUT2D eigenvalue weighted by molar-refractivity contribution is 5.77. The maximum Gasteiger partial charge on any atom is 0.233 e. The summed E-state index contributed by atoms with van der Waals surface area (Å²) in [7, 11) is 0. The van der Waals surface area contributed by atoms with Gasteiger partial charge >= 0.3 is 0 Å². The second-order valence-electron chi connectivity index (χ2n) is 9.48. The molecular weight excluding hydrogens is 326 g/mol. The number of hydrogen-bond donors (Lipinski definition) is 0. The van der Waals surface area contributed by atoms with Crippen LogP contribution in [0.3, 0.4) is 0 Å². The molecule has 5 fully saturated rings. The van der Waals surface area contributed by atoms with E-state index in [2.05, 4.69) is 10.2 Å². The second kappa shape index (κ2) is 6.21. The predicted molar refractivity (Wildman–Crippen MR) is 97.6 cm³/mol. The van der Waals surface area contributed by atoms with Crippen LogP contribution in [0.5, 0.6) is 5.88 Å². The van der Waals surface area contributed by atoms with E-state index in [1.165, 1.54) is 38.5 Å². The van der Waals surface area contributed by atoms with Crippen molar-refractivity contribution in [3.05, 3.63) is 17.8 Å². The van der Waals surface area contributed by atoms with Crippen LogP contribution in [-0.4, -0.2) is 40.2 Å². The fourth-order valence-corrected chi connectivity index (χ4v) is 6.61. The first-order valence-corrected chi connectivity index (χ1v) is 10.3. The Bertz CT molecular complexity index is 652. The molecular formula is C21H29N3O2. The fraction of sp³-hybridized carbons (Fsp3) is 0.762. The summed E-state index contributed by atoms with van der Waals surface area (Å²) in [4.78, 5) is 15.0. The molecule has 0 N–H and O–H groups in total. The number of aromatic nitrogens is 2. The summed E-state index contributed by atoms with van der Waals surface area (Å²) >= 11 is 0. The van der Waals surface area contributed by atoms with Gasteiger partial charge < -0.3 is 9.64 Å². The second-order valence-corrected chi connectivity index (χ2v) is 9.48. The van der Waals surface area contributed by atoms with Gasteiger partial charge in [0, 0.05) is 25.5 Å². The van der Waals surface area contributed by atoms with Crippen LogP contribution in [-0.2, 0) is 4.79 Å². The van der Waals surface area contributed by atoms with Gasteiger partial charge in [0.15, 0.2) is 0 Å². The van der Waals surface area contributed by atoms with Crippen LogP contribution in [0.1, 0.15) is 57.1 Å². The van der Waals surface area contributed by atoms with Gasteiger partial charge in [-0.1, -0.05) is 0 Å². The van der Waals surface area contributed by atoms with Gasteiger partial charge in [0.2, 0.25) is 11.8 Å². The summed E-state index contributed by atoms with van der Waals surface area (Å²) in [6.07, 6.45) is 9.93. The number of carbonyl (C=O) groups is 1. The molecule has 2 heterocycles. The predicted octanol–water partition coefficient (Wildman–Crippen LogP) is 3.37. The van der Waals surface area contributed by atoms with E-state index in [0.29, 0.717) is 23.7 Å². The molecule has 4 saturated carbocycles. The maximum atomic E-state index is 13.0. The zero-order chi connectivity index (χ0) is 17.7. The van der Waals surface area contributed by atoms with Crippen LogP contribution in [0.25, 0.3) is 0 Å². The Hall–Kier alpha value is -1.65. The molecule has 1 aromatic heterocycles.